The highest BCUT2D eigenvalue weighted by atomic mass is 16.5. The van der Waals surface area contributed by atoms with Gasteiger partial charge in [-0.15, -0.1) is 0 Å². The van der Waals surface area contributed by atoms with Crippen molar-refractivity contribution in [1.29, 1.82) is 0 Å². The quantitative estimate of drug-likeness (QED) is 0.537. The van der Waals surface area contributed by atoms with Crippen molar-refractivity contribution in [2.45, 2.75) is 25.2 Å². The minimum Gasteiger partial charge on any atom is -0.497 e. The van der Waals surface area contributed by atoms with Crippen LogP contribution in [-0.4, -0.2) is 39.1 Å². The number of dihydropyridines is 1. The molecule has 0 saturated carbocycles. The Morgan fingerprint density at radius 1 is 0.912 bits per heavy atom. The molecule has 34 heavy (non-hydrogen) atoms. The van der Waals surface area contributed by atoms with Gasteiger partial charge in [-0.25, -0.2) is 4.79 Å². The predicted molar refractivity (Wildman–Crippen MR) is 125 cm³/mol. The van der Waals surface area contributed by atoms with Crippen LogP contribution >= 0.6 is 0 Å². The molecule has 0 aromatic heterocycles. The number of rotatable bonds is 5. The standard InChI is InChI=1S/C27H27NO6/c1-15-21(26(30)33-3)22(17-8-6-5-7-9-17)24-20(28-15)14-19(23(25(24)29)27(31)34-4)16-10-12-18(32-2)13-11-16/h5-13,19,22-23,28H,14H2,1-4H3/t19-,22+,23-/m0/s1. The first kappa shape index (κ1) is 23.3. The molecule has 0 bridgehead atoms. The molecule has 2 aliphatic rings. The first-order valence-electron chi connectivity index (χ1n) is 11.0. The van der Waals surface area contributed by atoms with E-state index in [4.69, 9.17) is 14.2 Å². The molecule has 1 heterocycles. The summed E-state index contributed by atoms with van der Waals surface area (Å²) < 4.78 is 15.4. The average Bonchev–Trinajstić information content (AvgIpc) is 2.87. The number of esters is 2. The summed E-state index contributed by atoms with van der Waals surface area (Å²) in [5.41, 5.74) is 3.68. The van der Waals surface area contributed by atoms with Crippen LogP contribution in [0.15, 0.2) is 77.1 Å². The fraction of sp³-hybridized carbons (Fsp3) is 0.296. The van der Waals surface area contributed by atoms with Gasteiger partial charge >= 0.3 is 11.9 Å². The minimum atomic E-state index is -1.04. The number of carbonyl (C=O) groups is 3. The lowest BCUT2D eigenvalue weighted by Gasteiger charge is -2.39. The molecule has 0 spiro atoms. The highest BCUT2D eigenvalue weighted by Crippen LogP contribution is 2.48. The molecule has 1 aliphatic carbocycles. The van der Waals surface area contributed by atoms with E-state index in [1.807, 2.05) is 42.5 Å². The first-order chi connectivity index (χ1) is 16.4. The van der Waals surface area contributed by atoms with Crippen LogP contribution in [0.2, 0.25) is 0 Å². The molecule has 0 fully saturated rings. The van der Waals surface area contributed by atoms with E-state index in [1.54, 1.807) is 26.2 Å². The highest BCUT2D eigenvalue weighted by molar-refractivity contribution is 6.13. The molecular weight excluding hydrogens is 434 g/mol. The lowest BCUT2D eigenvalue weighted by atomic mass is 9.67. The molecule has 2 aromatic rings. The number of benzene rings is 2. The van der Waals surface area contributed by atoms with Crippen LogP contribution in [0.5, 0.6) is 5.75 Å². The van der Waals surface area contributed by atoms with Crippen LogP contribution in [-0.2, 0) is 23.9 Å². The van der Waals surface area contributed by atoms with Crippen molar-refractivity contribution in [3.63, 3.8) is 0 Å². The average molecular weight is 462 g/mol. The summed E-state index contributed by atoms with van der Waals surface area (Å²) in [5, 5.41) is 3.27. The fourth-order valence-electron chi connectivity index (χ4n) is 4.96. The van der Waals surface area contributed by atoms with Crippen molar-refractivity contribution in [3.05, 3.63) is 88.3 Å². The molecule has 176 valence electrons. The first-order valence-corrected chi connectivity index (χ1v) is 11.0. The largest absolute Gasteiger partial charge is 0.497 e. The highest BCUT2D eigenvalue weighted by Gasteiger charge is 2.48. The summed E-state index contributed by atoms with van der Waals surface area (Å²) in [4.78, 5) is 39.7. The smallest absolute Gasteiger partial charge is 0.336 e. The molecule has 7 nitrogen and oxygen atoms in total. The predicted octanol–water partition coefficient (Wildman–Crippen LogP) is 3.63. The monoisotopic (exact) mass is 461 g/mol. The number of ether oxygens (including phenoxy) is 3. The molecule has 0 unspecified atom stereocenters. The Labute approximate surface area is 198 Å². The number of Topliss-reactive ketones (excluding diaryl/α,β-unsaturated/α-hetero) is 1. The summed E-state index contributed by atoms with van der Waals surface area (Å²) >= 11 is 0. The third-order valence-corrected chi connectivity index (χ3v) is 6.56. The molecule has 1 N–H and O–H groups in total. The fourth-order valence-corrected chi connectivity index (χ4v) is 4.96. The van der Waals surface area contributed by atoms with Gasteiger partial charge in [0.05, 0.1) is 26.9 Å². The van der Waals surface area contributed by atoms with E-state index in [9.17, 15) is 14.4 Å². The Morgan fingerprint density at radius 3 is 2.18 bits per heavy atom. The van der Waals surface area contributed by atoms with Gasteiger partial charge in [0.25, 0.3) is 0 Å². The molecule has 0 radical (unpaired) electrons. The van der Waals surface area contributed by atoms with E-state index < -0.39 is 29.7 Å². The van der Waals surface area contributed by atoms with E-state index >= 15 is 0 Å². The Balaban J connectivity index is 1.88. The van der Waals surface area contributed by atoms with Crippen LogP contribution in [0.4, 0.5) is 0 Å². The second kappa shape index (κ2) is 9.55. The number of ketones is 1. The maximum Gasteiger partial charge on any atom is 0.336 e. The molecule has 3 atom stereocenters. The van der Waals surface area contributed by atoms with Crippen molar-refractivity contribution in [2.75, 3.05) is 21.3 Å². The maximum atomic E-state index is 14.0. The van der Waals surface area contributed by atoms with E-state index in [-0.39, 0.29) is 5.78 Å². The number of nitrogens with one attached hydrogen (secondary N) is 1. The molecule has 0 amide bonds. The van der Waals surface area contributed by atoms with Gasteiger partial charge in [-0.05, 0) is 36.6 Å². The third kappa shape index (κ3) is 3.98. The van der Waals surface area contributed by atoms with Crippen LogP contribution < -0.4 is 10.1 Å². The Hall–Kier alpha value is -3.87. The number of hydrogen-bond donors (Lipinski definition) is 1. The number of allylic oxidation sites excluding steroid dienone is 3. The van der Waals surface area contributed by atoms with E-state index in [2.05, 4.69) is 5.32 Å². The van der Waals surface area contributed by atoms with Crippen molar-refractivity contribution in [2.24, 2.45) is 5.92 Å². The van der Waals surface area contributed by atoms with Crippen LogP contribution in [0.1, 0.15) is 36.3 Å². The second-order valence-electron chi connectivity index (χ2n) is 8.34. The van der Waals surface area contributed by atoms with Crippen molar-refractivity contribution < 1.29 is 28.6 Å². The van der Waals surface area contributed by atoms with Gasteiger partial charge in [-0.3, -0.25) is 9.59 Å². The Bertz CT molecular complexity index is 1180. The van der Waals surface area contributed by atoms with Gasteiger partial charge in [0, 0.05) is 28.8 Å². The van der Waals surface area contributed by atoms with E-state index in [0.717, 1.165) is 11.1 Å². The van der Waals surface area contributed by atoms with Gasteiger partial charge in [0.15, 0.2) is 5.78 Å². The van der Waals surface area contributed by atoms with Gasteiger partial charge < -0.3 is 19.5 Å². The zero-order valence-electron chi connectivity index (χ0n) is 19.6. The maximum absolute atomic E-state index is 14.0. The molecule has 2 aromatic carbocycles. The van der Waals surface area contributed by atoms with Crippen LogP contribution in [0.3, 0.4) is 0 Å². The third-order valence-electron chi connectivity index (χ3n) is 6.56. The van der Waals surface area contributed by atoms with Crippen molar-refractivity contribution >= 4 is 17.7 Å². The zero-order chi connectivity index (χ0) is 24.4. The van der Waals surface area contributed by atoms with Crippen LogP contribution in [0.25, 0.3) is 0 Å². The minimum absolute atomic E-state index is 0.354. The topological polar surface area (TPSA) is 90.9 Å². The summed E-state index contributed by atoms with van der Waals surface area (Å²) in [6, 6.07) is 16.6. The van der Waals surface area contributed by atoms with Crippen molar-refractivity contribution in [3.8, 4) is 5.75 Å². The number of hydrogen-bond acceptors (Lipinski definition) is 7. The normalized spacial score (nSPS) is 22.0. The molecular formula is C27H27NO6. The SMILES string of the molecule is COC(=O)C1=C(C)NC2=C(C(=O)[C@@H](C(=O)OC)[C@H](c3ccc(OC)cc3)C2)[C@@H]1c1ccccc1. The van der Waals surface area contributed by atoms with E-state index in [1.165, 1.54) is 14.2 Å². The van der Waals surface area contributed by atoms with E-state index in [0.29, 0.717) is 34.7 Å². The number of methoxy groups -OCH3 is 3. The van der Waals surface area contributed by atoms with Gasteiger partial charge in [-0.1, -0.05) is 42.5 Å². The Kier molecular flexibility index (Phi) is 6.54. The molecule has 7 heteroatoms. The molecule has 4 rings (SSSR count). The number of carbonyl (C=O) groups excluding carboxylic acids is 3. The summed E-state index contributed by atoms with van der Waals surface area (Å²) in [6.07, 6.45) is 0.405. The second-order valence-corrected chi connectivity index (χ2v) is 8.34. The van der Waals surface area contributed by atoms with Gasteiger partial charge in [0.2, 0.25) is 0 Å². The van der Waals surface area contributed by atoms with Crippen molar-refractivity contribution in [1.82, 2.24) is 5.32 Å². The Morgan fingerprint density at radius 2 is 1.59 bits per heavy atom. The summed E-state index contributed by atoms with van der Waals surface area (Å²) in [7, 11) is 4.17. The lowest BCUT2D eigenvalue weighted by molar-refractivity contribution is -0.150. The molecule has 1 aliphatic heterocycles. The zero-order valence-corrected chi connectivity index (χ0v) is 19.6. The summed E-state index contributed by atoms with van der Waals surface area (Å²) in [6.45, 7) is 1.80. The lowest BCUT2D eigenvalue weighted by Crippen LogP contribution is -2.43. The van der Waals surface area contributed by atoms with Crippen LogP contribution in [0, 0.1) is 5.92 Å². The summed E-state index contributed by atoms with van der Waals surface area (Å²) in [5.74, 6) is -2.92. The van der Waals surface area contributed by atoms with Gasteiger partial charge in [0.1, 0.15) is 11.7 Å². The molecule has 0 saturated heterocycles. The van der Waals surface area contributed by atoms with Gasteiger partial charge in [-0.2, -0.15) is 0 Å².